The standard InChI is InChI=1S/C22H29ClN2O4/c1-15(20-12-21(13-20,14-20)19(27)28)25-18(26)22(7-2-3-8-22)24-9-10-29-17-6-4-5-16(23)11-17/h4-6,11,15,24H,2-3,7-10,12-14H2,1H3,(H,25,26)(H,27,28). The summed E-state index contributed by atoms with van der Waals surface area (Å²) in [6.07, 6.45) is 5.73. The van der Waals surface area contributed by atoms with E-state index in [1.165, 1.54) is 0 Å². The molecule has 0 saturated heterocycles. The van der Waals surface area contributed by atoms with E-state index in [9.17, 15) is 14.7 Å². The monoisotopic (exact) mass is 420 g/mol. The summed E-state index contributed by atoms with van der Waals surface area (Å²) >= 11 is 5.97. The fraction of sp³-hybridized carbons (Fsp3) is 0.636. The van der Waals surface area contributed by atoms with Gasteiger partial charge in [-0.15, -0.1) is 0 Å². The smallest absolute Gasteiger partial charge is 0.309 e. The number of ether oxygens (including phenoxy) is 1. The van der Waals surface area contributed by atoms with Gasteiger partial charge in [-0.25, -0.2) is 0 Å². The molecule has 0 aliphatic heterocycles. The van der Waals surface area contributed by atoms with Gasteiger partial charge in [0.25, 0.3) is 0 Å². The van der Waals surface area contributed by atoms with Gasteiger partial charge in [-0.1, -0.05) is 30.5 Å². The number of carboxylic acid groups (broad SMARTS) is 1. The van der Waals surface area contributed by atoms with Crippen LogP contribution in [-0.2, 0) is 9.59 Å². The molecule has 4 saturated carbocycles. The van der Waals surface area contributed by atoms with Gasteiger partial charge in [0.15, 0.2) is 0 Å². The van der Waals surface area contributed by atoms with Gasteiger partial charge in [-0.2, -0.15) is 0 Å². The Kier molecular flexibility index (Phi) is 5.28. The van der Waals surface area contributed by atoms with E-state index in [1.807, 2.05) is 19.1 Å². The molecule has 5 rings (SSSR count). The van der Waals surface area contributed by atoms with Crippen LogP contribution in [0, 0.1) is 10.8 Å². The van der Waals surface area contributed by atoms with E-state index in [0.717, 1.165) is 25.7 Å². The molecule has 158 valence electrons. The number of aliphatic carboxylic acids is 1. The molecule has 7 heteroatoms. The molecule has 29 heavy (non-hydrogen) atoms. The van der Waals surface area contributed by atoms with Crippen molar-refractivity contribution in [2.24, 2.45) is 10.8 Å². The van der Waals surface area contributed by atoms with E-state index in [1.54, 1.807) is 12.1 Å². The van der Waals surface area contributed by atoms with Crippen LogP contribution >= 0.6 is 11.6 Å². The molecule has 0 spiro atoms. The lowest BCUT2D eigenvalue weighted by atomic mass is 9.33. The van der Waals surface area contributed by atoms with E-state index in [2.05, 4.69) is 10.6 Å². The van der Waals surface area contributed by atoms with Crippen molar-refractivity contribution >= 4 is 23.5 Å². The first kappa shape index (κ1) is 20.5. The van der Waals surface area contributed by atoms with Crippen LogP contribution in [0.1, 0.15) is 51.9 Å². The summed E-state index contributed by atoms with van der Waals surface area (Å²) in [5.74, 6) is 0.0692. The second-order valence-electron chi connectivity index (χ2n) is 9.20. The fourth-order valence-electron chi connectivity index (χ4n) is 5.52. The zero-order valence-corrected chi connectivity index (χ0v) is 17.6. The molecular weight excluding hydrogens is 392 g/mol. The third kappa shape index (κ3) is 3.61. The van der Waals surface area contributed by atoms with Crippen molar-refractivity contribution < 1.29 is 19.4 Å². The molecule has 4 aliphatic rings. The highest BCUT2D eigenvalue weighted by molar-refractivity contribution is 6.30. The topological polar surface area (TPSA) is 87.7 Å². The predicted molar refractivity (Wildman–Crippen MR) is 110 cm³/mol. The number of carboxylic acids is 1. The van der Waals surface area contributed by atoms with Crippen LogP contribution in [0.3, 0.4) is 0 Å². The number of carbonyl (C=O) groups is 2. The Labute approximate surface area is 176 Å². The van der Waals surface area contributed by atoms with Gasteiger partial charge in [0.05, 0.1) is 11.0 Å². The molecule has 4 aliphatic carbocycles. The zero-order chi connectivity index (χ0) is 20.7. The molecule has 1 aromatic rings. The molecule has 6 nitrogen and oxygen atoms in total. The zero-order valence-electron chi connectivity index (χ0n) is 16.8. The molecule has 1 aromatic carbocycles. The van der Waals surface area contributed by atoms with Crippen LogP contribution in [0.15, 0.2) is 24.3 Å². The van der Waals surface area contributed by atoms with Gasteiger partial charge < -0.3 is 15.2 Å². The van der Waals surface area contributed by atoms with Gasteiger partial charge in [-0.3, -0.25) is 14.9 Å². The maximum absolute atomic E-state index is 13.2. The van der Waals surface area contributed by atoms with E-state index in [-0.39, 0.29) is 17.4 Å². The maximum Gasteiger partial charge on any atom is 0.309 e. The van der Waals surface area contributed by atoms with Crippen LogP contribution in [0.4, 0.5) is 0 Å². The van der Waals surface area contributed by atoms with Gasteiger partial charge in [-0.05, 0) is 62.6 Å². The molecule has 0 aromatic heterocycles. The lowest BCUT2D eigenvalue weighted by Gasteiger charge is -2.70. The first-order chi connectivity index (χ1) is 13.8. The van der Waals surface area contributed by atoms with Crippen molar-refractivity contribution in [1.29, 1.82) is 0 Å². The van der Waals surface area contributed by atoms with E-state index >= 15 is 0 Å². The summed E-state index contributed by atoms with van der Waals surface area (Å²) in [7, 11) is 0. The third-order valence-corrected chi connectivity index (χ3v) is 7.55. The highest BCUT2D eigenvalue weighted by Crippen LogP contribution is 2.74. The summed E-state index contributed by atoms with van der Waals surface area (Å²) in [6, 6.07) is 7.28. The summed E-state index contributed by atoms with van der Waals surface area (Å²) in [5, 5.41) is 16.6. The molecule has 1 amide bonds. The average molecular weight is 421 g/mol. The van der Waals surface area contributed by atoms with Crippen LogP contribution in [0.5, 0.6) is 5.75 Å². The Balaban J connectivity index is 1.29. The quantitative estimate of drug-likeness (QED) is 0.533. The molecule has 1 unspecified atom stereocenters. The minimum atomic E-state index is -0.688. The van der Waals surface area contributed by atoms with Gasteiger partial charge in [0.1, 0.15) is 12.4 Å². The normalized spacial score (nSPS) is 30.0. The van der Waals surface area contributed by atoms with Gasteiger partial charge in [0, 0.05) is 17.6 Å². The number of carbonyl (C=O) groups excluding carboxylic acids is 1. The molecule has 0 heterocycles. The first-order valence-corrected chi connectivity index (χ1v) is 10.8. The Hall–Kier alpha value is -1.79. The summed E-state index contributed by atoms with van der Waals surface area (Å²) < 4.78 is 5.74. The lowest BCUT2D eigenvalue weighted by molar-refractivity contribution is -0.231. The Bertz CT molecular complexity index is 786. The number of halogens is 1. The number of benzene rings is 1. The van der Waals surface area contributed by atoms with Gasteiger partial charge >= 0.3 is 5.97 Å². The van der Waals surface area contributed by atoms with Crippen molar-refractivity contribution in [3.05, 3.63) is 29.3 Å². The number of rotatable bonds is 9. The largest absolute Gasteiger partial charge is 0.492 e. The second-order valence-corrected chi connectivity index (χ2v) is 9.63. The summed E-state index contributed by atoms with van der Waals surface area (Å²) in [4.78, 5) is 24.5. The Morgan fingerprint density at radius 2 is 1.93 bits per heavy atom. The molecule has 3 N–H and O–H groups in total. The highest BCUT2D eigenvalue weighted by Gasteiger charge is 2.73. The van der Waals surface area contributed by atoms with Crippen molar-refractivity contribution in [2.75, 3.05) is 13.2 Å². The molecular formula is C22H29ClN2O4. The number of hydrogen-bond donors (Lipinski definition) is 3. The van der Waals surface area contributed by atoms with Crippen molar-refractivity contribution in [3.8, 4) is 5.75 Å². The van der Waals surface area contributed by atoms with E-state index < -0.39 is 16.9 Å². The van der Waals surface area contributed by atoms with Crippen molar-refractivity contribution in [3.63, 3.8) is 0 Å². The minimum Gasteiger partial charge on any atom is -0.492 e. The number of amides is 1. The number of nitrogens with one attached hydrogen (secondary N) is 2. The SMILES string of the molecule is CC(NC(=O)C1(NCCOc2cccc(Cl)c2)CCCC1)C12CC(C(=O)O)(C1)C2. The van der Waals surface area contributed by atoms with Crippen LogP contribution in [0.2, 0.25) is 5.02 Å². The maximum atomic E-state index is 13.2. The van der Waals surface area contributed by atoms with Crippen molar-refractivity contribution in [2.45, 2.75) is 63.5 Å². The predicted octanol–water partition coefficient (Wildman–Crippen LogP) is 3.38. The molecule has 4 fully saturated rings. The molecule has 0 radical (unpaired) electrons. The minimum absolute atomic E-state index is 0.00166. The molecule has 2 bridgehead atoms. The number of hydrogen-bond acceptors (Lipinski definition) is 4. The van der Waals surface area contributed by atoms with Crippen LogP contribution < -0.4 is 15.4 Å². The average Bonchev–Trinajstić information content (AvgIpc) is 3.06. The van der Waals surface area contributed by atoms with Crippen LogP contribution in [-0.4, -0.2) is 41.7 Å². The summed E-state index contributed by atoms with van der Waals surface area (Å²) in [5.41, 5.74) is -1.09. The second kappa shape index (κ2) is 7.47. The lowest BCUT2D eigenvalue weighted by Crippen LogP contribution is -2.72. The highest BCUT2D eigenvalue weighted by atomic mass is 35.5. The fourth-order valence-corrected chi connectivity index (χ4v) is 5.70. The first-order valence-electron chi connectivity index (χ1n) is 10.5. The third-order valence-electron chi connectivity index (χ3n) is 7.31. The Morgan fingerprint density at radius 3 is 2.55 bits per heavy atom. The van der Waals surface area contributed by atoms with Crippen LogP contribution in [0.25, 0.3) is 0 Å². The van der Waals surface area contributed by atoms with E-state index in [0.29, 0.717) is 43.2 Å². The summed E-state index contributed by atoms with van der Waals surface area (Å²) in [6.45, 7) is 3.05. The Morgan fingerprint density at radius 1 is 1.24 bits per heavy atom. The van der Waals surface area contributed by atoms with E-state index in [4.69, 9.17) is 16.3 Å². The molecule has 1 atom stereocenters. The van der Waals surface area contributed by atoms with Gasteiger partial charge in [0.2, 0.25) is 5.91 Å². The van der Waals surface area contributed by atoms with Crippen molar-refractivity contribution in [1.82, 2.24) is 10.6 Å².